The fourth-order valence-corrected chi connectivity index (χ4v) is 1.96. The molecular weight excluding hydrogens is 276 g/mol. The van der Waals surface area contributed by atoms with Crippen LogP contribution in [0.5, 0.6) is 0 Å². The van der Waals surface area contributed by atoms with Gasteiger partial charge in [0.15, 0.2) is 5.84 Å². The van der Waals surface area contributed by atoms with Gasteiger partial charge in [0.1, 0.15) is 11.6 Å². The third kappa shape index (κ3) is 3.28. The number of nitrogens with two attached hydrogens (primary N) is 1. The summed E-state index contributed by atoms with van der Waals surface area (Å²) in [6.45, 7) is 0.0986. The SMILES string of the molecule is CN(Cc1c(F)cccc1F)c1ccc(/C(N)=N/O)cc1. The molecule has 0 spiro atoms. The predicted molar refractivity (Wildman–Crippen MR) is 77.4 cm³/mol. The highest BCUT2D eigenvalue weighted by Gasteiger charge is 2.11. The largest absolute Gasteiger partial charge is 0.409 e. The van der Waals surface area contributed by atoms with Crippen LogP contribution in [0, 0.1) is 11.6 Å². The van der Waals surface area contributed by atoms with Crippen molar-refractivity contribution in [2.45, 2.75) is 6.54 Å². The second-order valence-corrected chi connectivity index (χ2v) is 4.59. The molecule has 0 aliphatic rings. The van der Waals surface area contributed by atoms with Crippen molar-refractivity contribution in [3.63, 3.8) is 0 Å². The highest BCUT2D eigenvalue weighted by atomic mass is 19.1. The third-order valence-corrected chi connectivity index (χ3v) is 3.17. The number of amidine groups is 1. The Morgan fingerprint density at radius 3 is 2.24 bits per heavy atom. The number of hydrogen-bond acceptors (Lipinski definition) is 3. The van der Waals surface area contributed by atoms with E-state index in [0.29, 0.717) is 5.56 Å². The Bertz CT molecular complexity index is 636. The Labute approximate surface area is 121 Å². The van der Waals surface area contributed by atoms with Crippen LogP contribution in [0.3, 0.4) is 0 Å². The van der Waals surface area contributed by atoms with E-state index in [1.165, 1.54) is 18.2 Å². The summed E-state index contributed by atoms with van der Waals surface area (Å²) in [7, 11) is 1.73. The van der Waals surface area contributed by atoms with Crippen molar-refractivity contribution in [1.29, 1.82) is 0 Å². The number of oxime groups is 1. The lowest BCUT2D eigenvalue weighted by molar-refractivity contribution is 0.318. The zero-order valence-electron chi connectivity index (χ0n) is 11.4. The Balaban J connectivity index is 2.19. The van der Waals surface area contributed by atoms with Crippen LogP contribution in [0.1, 0.15) is 11.1 Å². The van der Waals surface area contributed by atoms with Gasteiger partial charge >= 0.3 is 0 Å². The summed E-state index contributed by atoms with van der Waals surface area (Å²) in [4.78, 5) is 1.71. The maximum absolute atomic E-state index is 13.6. The van der Waals surface area contributed by atoms with Gasteiger partial charge in [0.2, 0.25) is 0 Å². The molecule has 0 aliphatic carbocycles. The first-order valence-corrected chi connectivity index (χ1v) is 6.25. The Morgan fingerprint density at radius 1 is 1.14 bits per heavy atom. The lowest BCUT2D eigenvalue weighted by atomic mass is 10.1. The summed E-state index contributed by atoms with van der Waals surface area (Å²) in [6, 6.07) is 10.6. The minimum Gasteiger partial charge on any atom is -0.409 e. The van der Waals surface area contributed by atoms with Crippen LogP contribution in [0.4, 0.5) is 14.5 Å². The summed E-state index contributed by atoms with van der Waals surface area (Å²) in [5, 5.41) is 11.5. The quantitative estimate of drug-likeness (QED) is 0.394. The molecule has 0 aliphatic heterocycles. The van der Waals surface area contributed by atoms with Crippen LogP contribution in [-0.2, 0) is 6.54 Å². The first kappa shape index (κ1) is 14.8. The van der Waals surface area contributed by atoms with Crippen molar-refractivity contribution in [3.05, 3.63) is 65.2 Å². The molecule has 3 N–H and O–H groups in total. The van der Waals surface area contributed by atoms with Crippen LogP contribution in [-0.4, -0.2) is 18.1 Å². The summed E-state index contributed by atoms with van der Waals surface area (Å²) in [6.07, 6.45) is 0. The van der Waals surface area contributed by atoms with Gasteiger partial charge in [0.25, 0.3) is 0 Å². The average molecular weight is 291 g/mol. The van der Waals surface area contributed by atoms with E-state index in [1.807, 2.05) is 0 Å². The number of benzene rings is 2. The molecule has 110 valence electrons. The van der Waals surface area contributed by atoms with Gasteiger partial charge in [-0.15, -0.1) is 0 Å². The molecule has 0 fully saturated rings. The molecule has 21 heavy (non-hydrogen) atoms. The van der Waals surface area contributed by atoms with Crippen LogP contribution < -0.4 is 10.6 Å². The second-order valence-electron chi connectivity index (χ2n) is 4.59. The van der Waals surface area contributed by atoms with Gasteiger partial charge in [-0.3, -0.25) is 0 Å². The van der Waals surface area contributed by atoms with Gasteiger partial charge in [-0.1, -0.05) is 11.2 Å². The molecule has 0 aromatic heterocycles. The third-order valence-electron chi connectivity index (χ3n) is 3.17. The van der Waals surface area contributed by atoms with Gasteiger partial charge < -0.3 is 15.8 Å². The van der Waals surface area contributed by atoms with E-state index in [4.69, 9.17) is 10.9 Å². The Morgan fingerprint density at radius 2 is 1.71 bits per heavy atom. The van der Waals surface area contributed by atoms with Gasteiger partial charge in [0, 0.05) is 30.4 Å². The predicted octanol–water partition coefficient (Wildman–Crippen LogP) is 2.70. The topological polar surface area (TPSA) is 61.8 Å². The van der Waals surface area contributed by atoms with Crippen molar-refractivity contribution in [2.24, 2.45) is 10.9 Å². The van der Waals surface area contributed by atoms with Crippen molar-refractivity contribution in [3.8, 4) is 0 Å². The molecule has 0 atom stereocenters. The van der Waals surface area contributed by atoms with Crippen molar-refractivity contribution >= 4 is 11.5 Å². The zero-order valence-corrected chi connectivity index (χ0v) is 11.4. The van der Waals surface area contributed by atoms with E-state index in [0.717, 1.165) is 5.69 Å². The lowest BCUT2D eigenvalue weighted by Crippen LogP contribution is -2.19. The fraction of sp³-hybridized carbons (Fsp3) is 0.133. The first-order valence-electron chi connectivity index (χ1n) is 6.25. The van der Waals surface area contributed by atoms with Crippen molar-refractivity contribution in [1.82, 2.24) is 0 Å². The minimum absolute atomic E-state index is 0.00403. The summed E-state index contributed by atoms with van der Waals surface area (Å²) >= 11 is 0. The smallest absolute Gasteiger partial charge is 0.170 e. The molecule has 6 heteroatoms. The molecule has 0 heterocycles. The molecule has 0 saturated carbocycles. The van der Waals surface area contributed by atoms with Crippen LogP contribution in [0.15, 0.2) is 47.6 Å². The van der Waals surface area contributed by atoms with Crippen molar-refractivity contribution in [2.75, 3.05) is 11.9 Å². The fourth-order valence-electron chi connectivity index (χ4n) is 1.96. The van der Waals surface area contributed by atoms with Gasteiger partial charge in [-0.2, -0.15) is 0 Å². The van der Waals surface area contributed by atoms with E-state index >= 15 is 0 Å². The van der Waals surface area contributed by atoms with Crippen molar-refractivity contribution < 1.29 is 14.0 Å². The van der Waals surface area contributed by atoms with Crippen LogP contribution >= 0.6 is 0 Å². The molecule has 4 nitrogen and oxygen atoms in total. The maximum atomic E-state index is 13.6. The molecule has 0 radical (unpaired) electrons. The van der Waals surface area contributed by atoms with E-state index in [9.17, 15) is 8.78 Å². The van der Waals surface area contributed by atoms with Crippen LogP contribution in [0.25, 0.3) is 0 Å². The number of anilines is 1. The van der Waals surface area contributed by atoms with E-state index in [-0.39, 0.29) is 17.9 Å². The maximum Gasteiger partial charge on any atom is 0.170 e. The van der Waals surface area contributed by atoms with Gasteiger partial charge in [-0.05, 0) is 36.4 Å². The van der Waals surface area contributed by atoms with E-state index in [1.54, 1.807) is 36.2 Å². The number of rotatable bonds is 4. The second kappa shape index (κ2) is 6.21. The van der Waals surface area contributed by atoms with E-state index < -0.39 is 11.6 Å². The first-order chi connectivity index (χ1) is 10.0. The molecule has 2 rings (SSSR count). The molecule has 2 aromatic carbocycles. The standard InChI is InChI=1S/C15H15F2N3O/c1-20(9-12-13(16)3-2-4-14(12)17)11-7-5-10(6-8-11)15(18)19-21/h2-8,21H,9H2,1H3,(H2,18,19). The monoisotopic (exact) mass is 291 g/mol. The summed E-state index contributed by atoms with van der Waals surface area (Å²) < 4.78 is 27.2. The molecule has 0 bridgehead atoms. The Kier molecular flexibility index (Phi) is 4.37. The van der Waals surface area contributed by atoms with E-state index in [2.05, 4.69) is 5.16 Å². The molecule has 0 amide bonds. The highest BCUT2D eigenvalue weighted by molar-refractivity contribution is 5.97. The summed E-state index contributed by atoms with van der Waals surface area (Å²) in [5.74, 6) is -1.14. The highest BCUT2D eigenvalue weighted by Crippen LogP contribution is 2.19. The number of nitrogens with zero attached hydrogens (tertiary/aromatic N) is 2. The Hall–Kier alpha value is -2.63. The normalized spacial score (nSPS) is 11.5. The van der Waals surface area contributed by atoms with Gasteiger partial charge in [-0.25, -0.2) is 8.78 Å². The minimum atomic E-state index is -0.574. The zero-order chi connectivity index (χ0) is 15.4. The number of halogens is 2. The molecule has 0 saturated heterocycles. The molecule has 2 aromatic rings. The van der Waals surface area contributed by atoms with Crippen LogP contribution in [0.2, 0.25) is 0 Å². The lowest BCUT2D eigenvalue weighted by Gasteiger charge is -2.20. The molecular formula is C15H15F2N3O. The molecule has 0 unspecified atom stereocenters. The summed E-state index contributed by atoms with van der Waals surface area (Å²) in [5.41, 5.74) is 6.80. The average Bonchev–Trinajstić information content (AvgIpc) is 2.50. The van der Waals surface area contributed by atoms with Gasteiger partial charge in [0.05, 0.1) is 0 Å². The number of hydrogen-bond donors (Lipinski definition) is 2.